The van der Waals surface area contributed by atoms with Crippen LogP contribution in [0.4, 0.5) is 11.4 Å². The van der Waals surface area contributed by atoms with Gasteiger partial charge in [-0.25, -0.2) is 0 Å². The van der Waals surface area contributed by atoms with Crippen LogP contribution < -0.4 is 10.1 Å². The Morgan fingerprint density at radius 1 is 0.809 bits per heavy atom. The van der Waals surface area contributed by atoms with Crippen LogP contribution in [0.15, 0.2) is 114 Å². The standard InChI is InChI=1S/C43H53N2OSi/c1-11-44-37-24-18-30(3)28-35(37)42(5,6)39(44)26-22-32-20-21-33(41(32)46-47(9,10)34-16-14-13-15-17-34)23-27-40-43(7,8)36-29-31(4)19-25-38(36)45(40)12-2/h13-19,22-29H,11-12,20-21H2,1-10H3/q+1. The molecule has 3 aliphatic rings. The predicted molar refractivity (Wildman–Crippen MR) is 203 cm³/mol. The molecule has 0 N–H and O–H groups in total. The van der Waals surface area contributed by atoms with Crippen molar-refractivity contribution in [3.05, 3.63) is 136 Å². The Morgan fingerprint density at radius 2 is 1.49 bits per heavy atom. The number of nitrogens with zero attached hydrogens (tertiary/aromatic N) is 2. The van der Waals surface area contributed by atoms with Gasteiger partial charge in [0.25, 0.3) is 8.32 Å². The van der Waals surface area contributed by atoms with Crippen LogP contribution in [0, 0.1) is 13.8 Å². The molecule has 0 saturated heterocycles. The molecule has 0 bridgehead atoms. The van der Waals surface area contributed by atoms with Crippen molar-refractivity contribution >= 4 is 30.6 Å². The lowest BCUT2D eigenvalue weighted by atomic mass is 9.80. The van der Waals surface area contributed by atoms with Gasteiger partial charge in [0.05, 0.1) is 5.41 Å². The normalized spacial score (nSPS) is 20.3. The van der Waals surface area contributed by atoms with Gasteiger partial charge in [0.2, 0.25) is 5.69 Å². The second-order valence-corrected chi connectivity index (χ2v) is 18.9. The van der Waals surface area contributed by atoms with Crippen LogP contribution in [-0.2, 0) is 15.3 Å². The van der Waals surface area contributed by atoms with Gasteiger partial charge in [0.1, 0.15) is 12.3 Å². The van der Waals surface area contributed by atoms with E-state index in [1.54, 1.807) is 0 Å². The van der Waals surface area contributed by atoms with Crippen LogP contribution in [0.2, 0.25) is 13.1 Å². The molecule has 0 aromatic heterocycles. The number of rotatable bonds is 8. The molecule has 1 aliphatic carbocycles. The Hall–Kier alpha value is -3.89. The highest BCUT2D eigenvalue weighted by atomic mass is 28.4. The minimum atomic E-state index is -2.24. The largest absolute Gasteiger partial charge is 0.539 e. The minimum absolute atomic E-state index is 0.0692. The van der Waals surface area contributed by atoms with E-state index in [1.807, 2.05) is 0 Å². The van der Waals surface area contributed by atoms with Crippen LogP contribution in [0.3, 0.4) is 0 Å². The summed E-state index contributed by atoms with van der Waals surface area (Å²) in [6, 6.07) is 24.6. The third-order valence-corrected chi connectivity index (χ3v) is 13.1. The van der Waals surface area contributed by atoms with Crippen LogP contribution in [0.5, 0.6) is 0 Å². The van der Waals surface area contributed by atoms with Gasteiger partial charge < -0.3 is 9.33 Å². The van der Waals surface area contributed by atoms with Gasteiger partial charge in [-0.05, 0) is 114 Å². The van der Waals surface area contributed by atoms with E-state index >= 15 is 0 Å². The van der Waals surface area contributed by atoms with Gasteiger partial charge >= 0.3 is 0 Å². The van der Waals surface area contributed by atoms with Crippen molar-refractivity contribution in [2.75, 3.05) is 18.0 Å². The Labute approximate surface area is 284 Å². The number of likely N-dealkylation sites (N-methyl/N-ethyl adjacent to an activating group) is 1. The fourth-order valence-electron chi connectivity index (χ4n) is 7.92. The lowest BCUT2D eigenvalue weighted by Crippen LogP contribution is -2.44. The molecule has 0 fully saturated rings. The lowest BCUT2D eigenvalue weighted by Gasteiger charge is -2.27. The number of fused-ring (bicyclic) bond motifs is 2. The molecule has 0 spiro atoms. The average Bonchev–Trinajstić information content (AvgIpc) is 3.58. The summed E-state index contributed by atoms with van der Waals surface area (Å²) in [5, 5.41) is 1.31. The maximum Gasteiger partial charge on any atom is 0.276 e. The molecule has 0 saturated carbocycles. The maximum atomic E-state index is 7.24. The zero-order valence-electron chi connectivity index (χ0n) is 30.3. The van der Waals surface area contributed by atoms with Crippen LogP contribution >= 0.6 is 0 Å². The SMILES string of the molecule is CCN1/C(=C/C=C2\CCC(/C=C/C3=[N+](CC)c4ccc(C)cc4C3(C)C)=C2O[Si](C)(C)c2ccccc2)C(C)(C)c2cc(C)ccc21. The monoisotopic (exact) mass is 641 g/mol. The number of anilines is 1. The molecule has 3 aromatic carbocycles. The van der Waals surface area contributed by atoms with Crippen LogP contribution in [0.1, 0.15) is 76.6 Å². The van der Waals surface area contributed by atoms with Gasteiger partial charge in [0, 0.05) is 41.1 Å². The molecular formula is C43H53N2OSi+. The first kappa shape index (κ1) is 33.0. The number of hydrogen-bond acceptors (Lipinski definition) is 2. The molecule has 0 unspecified atom stereocenters. The van der Waals surface area contributed by atoms with E-state index in [0.29, 0.717) is 0 Å². The Balaban J connectivity index is 1.43. The van der Waals surface area contributed by atoms with E-state index in [1.165, 1.54) is 61.4 Å². The zero-order valence-corrected chi connectivity index (χ0v) is 31.3. The first-order chi connectivity index (χ1) is 22.3. The van der Waals surface area contributed by atoms with E-state index in [9.17, 15) is 0 Å². The van der Waals surface area contributed by atoms with Gasteiger partial charge in [-0.15, -0.1) is 0 Å². The molecule has 4 heteroatoms. The van der Waals surface area contributed by atoms with Crippen molar-refractivity contribution in [1.82, 2.24) is 0 Å². The highest BCUT2D eigenvalue weighted by Crippen LogP contribution is 2.48. The van der Waals surface area contributed by atoms with E-state index in [-0.39, 0.29) is 10.8 Å². The van der Waals surface area contributed by atoms with Crippen molar-refractivity contribution in [2.45, 2.75) is 92.2 Å². The van der Waals surface area contributed by atoms with Crippen LogP contribution in [-0.4, -0.2) is 31.7 Å². The summed E-state index contributed by atoms with van der Waals surface area (Å²) in [5.41, 5.74) is 13.3. The van der Waals surface area contributed by atoms with Gasteiger partial charge in [-0.1, -0.05) is 79.6 Å². The maximum absolute atomic E-state index is 7.24. The van der Waals surface area contributed by atoms with Crippen molar-refractivity contribution < 1.29 is 9.00 Å². The fraction of sp³-hybridized carbons (Fsp3) is 0.372. The van der Waals surface area contributed by atoms with E-state index in [0.717, 1.165) is 31.7 Å². The second-order valence-electron chi connectivity index (χ2n) is 15.1. The van der Waals surface area contributed by atoms with Gasteiger partial charge in [-0.3, -0.25) is 0 Å². The van der Waals surface area contributed by atoms with Gasteiger partial charge in [0.15, 0.2) is 5.71 Å². The van der Waals surface area contributed by atoms with Crippen molar-refractivity contribution in [3.63, 3.8) is 0 Å². The van der Waals surface area contributed by atoms with Crippen LogP contribution in [0.25, 0.3) is 0 Å². The molecule has 2 aliphatic heterocycles. The fourth-order valence-corrected chi connectivity index (χ4v) is 9.81. The summed E-state index contributed by atoms with van der Waals surface area (Å²) in [5.74, 6) is 1.08. The molecule has 6 rings (SSSR count). The third-order valence-electron chi connectivity index (χ3n) is 10.7. The highest BCUT2D eigenvalue weighted by Gasteiger charge is 2.44. The Morgan fingerprint density at radius 3 is 2.17 bits per heavy atom. The first-order valence-electron chi connectivity index (χ1n) is 17.5. The molecule has 3 aromatic rings. The molecule has 47 heavy (non-hydrogen) atoms. The van der Waals surface area contributed by atoms with Gasteiger partial charge in [-0.2, -0.15) is 4.58 Å². The Kier molecular flexibility index (Phi) is 8.63. The Bertz CT molecular complexity index is 1870. The number of allylic oxidation sites excluding steroid dienone is 7. The highest BCUT2D eigenvalue weighted by molar-refractivity contribution is 6.84. The molecule has 244 valence electrons. The van der Waals surface area contributed by atoms with E-state index in [2.05, 4.69) is 169 Å². The molecule has 0 amide bonds. The predicted octanol–water partition coefficient (Wildman–Crippen LogP) is 10.1. The topological polar surface area (TPSA) is 15.5 Å². The third kappa shape index (κ3) is 5.80. The lowest BCUT2D eigenvalue weighted by molar-refractivity contribution is -0.433. The minimum Gasteiger partial charge on any atom is -0.539 e. The van der Waals surface area contributed by atoms with Crippen molar-refractivity contribution in [3.8, 4) is 0 Å². The summed E-state index contributed by atoms with van der Waals surface area (Å²) in [7, 11) is -2.24. The summed E-state index contributed by atoms with van der Waals surface area (Å²) >= 11 is 0. The average molecular weight is 642 g/mol. The number of hydrogen-bond donors (Lipinski definition) is 0. The molecule has 3 nitrogen and oxygen atoms in total. The molecule has 0 radical (unpaired) electrons. The summed E-state index contributed by atoms with van der Waals surface area (Å²) < 4.78 is 9.73. The molecule has 0 atom stereocenters. The van der Waals surface area contributed by atoms with Crippen molar-refractivity contribution in [1.29, 1.82) is 0 Å². The summed E-state index contributed by atoms with van der Waals surface area (Å²) in [6.07, 6.45) is 11.5. The second kappa shape index (κ2) is 12.3. The summed E-state index contributed by atoms with van der Waals surface area (Å²) in [6.45, 7) is 24.9. The smallest absolute Gasteiger partial charge is 0.276 e. The number of benzene rings is 3. The zero-order chi connectivity index (χ0) is 33.7. The summed E-state index contributed by atoms with van der Waals surface area (Å²) in [4.78, 5) is 2.49. The molecular weight excluding hydrogens is 589 g/mol. The first-order valence-corrected chi connectivity index (χ1v) is 20.4. The van der Waals surface area contributed by atoms with E-state index in [4.69, 9.17) is 4.43 Å². The quantitative estimate of drug-likeness (QED) is 0.180. The van der Waals surface area contributed by atoms with Crippen molar-refractivity contribution in [2.24, 2.45) is 0 Å². The van der Waals surface area contributed by atoms with E-state index < -0.39 is 8.32 Å². The molecule has 2 heterocycles. The number of aryl methyl sites for hydroxylation is 2.